The summed E-state index contributed by atoms with van der Waals surface area (Å²) in [6.45, 7) is 2.04. The summed E-state index contributed by atoms with van der Waals surface area (Å²) in [6, 6.07) is 3.75. The standard InChI is InChI=1S/C13H12ClN5O/c1-3-8-4-10(13-17-16-7-19(13)18-8)9-5-12(20-2)15-6-11(9)14/h4-7H,3H2,1-2H3. The molecule has 102 valence electrons. The first-order chi connectivity index (χ1) is 9.72. The summed E-state index contributed by atoms with van der Waals surface area (Å²) in [4.78, 5) is 4.08. The Balaban J connectivity index is 2.30. The molecule has 0 aromatic carbocycles. The van der Waals surface area contributed by atoms with Crippen molar-refractivity contribution >= 4 is 17.2 Å². The molecule has 0 spiro atoms. The summed E-state index contributed by atoms with van der Waals surface area (Å²) in [5, 5.41) is 12.9. The highest BCUT2D eigenvalue weighted by Gasteiger charge is 2.14. The zero-order chi connectivity index (χ0) is 14.1. The number of hydrogen-bond acceptors (Lipinski definition) is 5. The molecule has 0 bridgehead atoms. The first kappa shape index (κ1) is 12.8. The molecule has 0 fully saturated rings. The molecule has 0 radical (unpaired) electrons. The number of rotatable bonds is 3. The van der Waals surface area contributed by atoms with Crippen LogP contribution in [0.3, 0.4) is 0 Å². The van der Waals surface area contributed by atoms with Crippen LogP contribution in [0.5, 0.6) is 5.88 Å². The van der Waals surface area contributed by atoms with E-state index >= 15 is 0 Å². The van der Waals surface area contributed by atoms with Crippen LogP contribution in [0, 0.1) is 0 Å². The molecule has 3 rings (SSSR count). The van der Waals surface area contributed by atoms with Crippen LogP contribution in [-0.2, 0) is 6.42 Å². The van der Waals surface area contributed by atoms with E-state index in [-0.39, 0.29) is 0 Å². The topological polar surface area (TPSA) is 65.2 Å². The van der Waals surface area contributed by atoms with Crippen molar-refractivity contribution in [2.45, 2.75) is 13.3 Å². The smallest absolute Gasteiger partial charge is 0.213 e. The molecule has 0 saturated heterocycles. The lowest BCUT2D eigenvalue weighted by molar-refractivity contribution is 0.398. The first-order valence-electron chi connectivity index (χ1n) is 6.12. The lowest BCUT2D eigenvalue weighted by atomic mass is 10.1. The van der Waals surface area contributed by atoms with Crippen molar-refractivity contribution in [1.82, 2.24) is 24.8 Å². The molecule has 20 heavy (non-hydrogen) atoms. The number of hydrogen-bond donors (Lipinski definition) is 0. The normalized spacial score (nSPS) is 10.9. The maximum Gasteiger partial charge on any atom is 0.213 e. The molecule has 0 aliphatic heterocycles. The van der Waals surface area contributed by atoms with Gasteiger partial charge >= 0.3 is 0 Å². The highest BCUT2D eigenvalue weighted by atomic mass is 35.5. The number of ether oxygens (including phenoxy) is 1. The molecule has 3 aromatic heterocycles. The van der Waals surface area contributed by atoms with Gasteiger partial charge in [-0.1, -0.05) is 18.5 Å². The van der Waals surface area contributed by atoms with E-state index in [1.807, 2.05) is 13.0 Å². The Bertz CT molecular complexity index is 771. The molecule has 0 saturated carbocycles. The van der Waals surface area contributed by atoms with Gasteiger partial charge in [-0.25, -0.2) is 4.98 Å². The number of methoxy groups -OCH3 is 1. The van der Waals surface area contributed by atoms with Gasteiger partial charge in [0.15, 0.2) is 5.65 Å². The zero-order valence-electron chi connectivity index (χ0n) is 11.0. The van der Waals surface area contributed by atoms with Crippen molar-refractivity contribution in [2.24, 2.45) is 0 Å². The molecule has 0 amide bonds. The number of halogens is 1. The second-order valence-corrected chi connectivity index (χ2v) is 4.62. The summed E-state index contributed by atoms with van der Waals surface area (Å²) in [5.41, 5.74) is 3.24. The van der Waals surface area contributed by atoms with E-state index in [0.29, 0.717) is 16.5 Å². The molecular formula is C13H12ClN5O. The predicted octanol–water partition coefficient (Wildman–Crippen LogP) is 2.41. The fraction of sp³-hybridized carbons (Fsp3) is 0.231. The van der Waals surface area contributed by atoms with Crippen LogP contribution in [-0.4, -0.2) is 31.9 Å². The minimum Gasteiger partial charge on any atom is -0.481 e. The number of fused-ring (bicyclic) bond motifs is 1. The molecule has 0 atom stereocenters. The summed E-state index contributed by atoms with van der Waals surface area (Å²) in [5.74, 6) is 0.497. The van der Waals surface area contributed by atoms with E-state index in [4.69, 9.17) is 16.3 Å². The van der Waals surface area contributed by atoms with Gasteiger partial charge in [0.05, 0.1) is 24.0 Å². The molecule has 7 heteroatoms. The molecule has 6 nitrogen and oxygen atoms in total. The molecule has 0 aliphatic rings. The van der Waals surface area contributed by atoms with Gasteiger partial charge in [0.2, 0.25) is 5.88 Å². The van der Waals surface area contributed by atoms with Gasteiger partial charge in [0, 0.05) is 17.2 Å². The van der Waals surface area contributed by atoms with Crippen LogP contribution in [0.2, 0.25) is 5.02 Å². The number of aromatic nitrogens is 5. The Kier molecular flexibility index (Phi) is 3.23. The van der Waals surface area contributed by atoms with Crippen LogP contribution in [0.4, 0.5) is 0 Å². The third-order valence-corrected chi connectivity index (χ3v) is 3.31. The lowest BCUT2D eigenvalue weighted by Gasteiger charge is -2.08. The van der Waals surface area contributed by atoms with Gasteiger partial charge in [-0.05, 0) is 12.5 Å². The monoisotopic (exact) mass is 289 g/mol. The Morgan fingerprint density at radius 2 is 2.15 bits per heavy atom. The van der Waals surface area contributed by atoms with E-state index in [1.54, 1.807) is 30.2 Å². The number of aryl methyl sites for hydroxylation is 1. The Hall–Kier alpha value is -2.21. The zero-order valence-corrected chi connectivity index (χ0v) is 11.8. The van der Waals surface area contributed by atoms with Crippen LogP contribution >= 0.6 is 11.6 Å². The SMILES string of the molecule is CCc1cc(-c2cc(OC)ncc2Cl)c2nncn2n1. The molecule has 3 heterocycles. The summed E-state index contributed by atoms with van der Waals surface area (Å²) < 4.78 is 6.80. The van der Waals surface area contributed by atoms with Crippen LogP contribution in [0.15, 0.2) is 24.7 Å². The first-order valence-corrected chi connectivity index (χ1v) is 6.50. The van der Waals surface area contributed by atoms with Crippen molar-refractivity contribution in [1.29, 1.82) is 0 Å². The van der Waals surface area contributed by atoms with Gasteiger partial charge < -0.3 is 4.74 Å². The highest BCUT2D eigenvalue weighted by Crippen LogP contribution is 2.32. The van der Waals surface area contributed by atoms with Crippen LogP contribution < -0.4 is 4.74 Å². The average Bonchev–Trinajstić information content (AvgIpc) is 2.95. The maximum absolute atomic E-state index is 6.25. The van der Waals surface area contributed by atoms with E-state index in [2.05, 4.69) is 20.3 Å². The van der Waals surface area contributed by atoms with Crippen molar-refractivity contribution in [3.63, 3.8) is 0 Å². The maximum atomic E-state index is 6.25. The molecule has 0 N–H and O–H groups in total. The fourth-order valence-electron chi connectivity index (χ4n) is 1.99. The fourth-order valence-corrected chi connectivity index (χ4v) is 2.19. The molecular weight excluding hydrogens is 278 g/mol. The van der Waals surface area contributed by atoms with Gasteiger partial charge in [-0.2, -0.15) is 9.61 Å². The van der Waals surface area contributed by atoms with E-state index in [1.165, 1.54) is 0 Å². The Labute approximate surface area is 120 Å². The highest BCUT2D eigenvalue weighted by molar-refractivity contribution is 6.33. The molecule has 0 aliphatic carbocycles. The molecule has 0 unspecified atom stereocenters. The van der Waals surface area contributed by atoms with Crippen molar-refractivity contribution in [2.75, 3.05) is 7.11 Å². The number of nitrogens with zero attached hydrogens (tertiary/aromatic N) is 5. The van der Waals surface area contributed by atoms with Crippen molar-refractivity contribution in [3.8, 4) is 17.0 Å². The second-order valence-electron chi connectivity index (χ2n) is 4.21. The van der Waals surface area contributed by atoms with E-state index < -0.39 is 0 Å². The van der Waals surface area contributed by atoms with E-state index in [9.17, 15) is 0 Å². The Morgan fingerprint density at radius 3 is 2.90 bits per heavy atom. The summed E-state index contributed by atoms with van der Waals surface area (Å²) >= 11 is 6.25. The minimum absolute atomic E-state index is 0.497. The Morgan fingerprint density at radius 1 is 1.30 bits per heavy atom. The number of pyridine rings is 1. The van der Waals surface area contributed by atoms with Gasteiger partial charge in [0.1, 0.15) is 6.33 Å². The molecule has 3 aromatic rings. The second kappa shape index (κ2) is 5.05. The summed E-state index contributed by atoms with van der Waals surface area (Å²) in [7, 11) is 1.57. The van der Waals surface area contributed by atoms with Crippen LogP contribution in [0.25, 0.3) is 16.8 Å². The minimum atomic E-state index is 0.497. The average molecular weight is 290 g/mol. The quantitative estimate of drug-likeness (QED) is 0.741. The third kappa shape index (κ3) is 2.08. The predicted molar refractivity (Wildman–Crippen MR) is 75.0 cm³/mol. The van der Waals surface area contributed by atoms with Gasteiger partial charge in [-0.15, -0.1) is 10.2 Å². The van der Waals surface area contributed by atoms with Crippen molar-refractivity contribution in [3.05, 3.63) is 35.4 Å². The van der Waals surface area contributed by atoms with Gasteiger partial charge in [0.25, 0.3) is 0 Å². The van der Waals surface area contributed by atoms with Crippen molar-refractivity contribution < 1.29 is 4.74 Å². The van der Waals surface area contributed by atoms with Crippen LogP contribution in [0.1, 0.15) is 12.6 Å². The van der Waals surface area contributed by atoms with Gasteiger partial charge in [-0.3, -0.25) is 0 Å². The lowest BCUT2D eigenvalue weighted by Crippen LogP contribution is -1.99. The third-order valence-electron chi connectivity index (χ3n) is 3.01. The largest absolute Gasteiger partial charge is 0.481 e. The van der Waals surface area contributed by atoms with E-state index in [0.717, 1.165) is 23.2 Å². The summed E-state index contributed by atoms with van der Waals surface area (Å²) in [6.07, 6.45) is 3.94.